The molecule has 2 aromatic rings. The van der Waals surface area contributed by atoms with Crippen LogP contribution in [-0.4, -0.2) is 102 Å². The van der Waals surface area contributed by atoms with Crippen molar-refractivity contribution in [2.75, 3.05) is 29.5 Å². The Morgan fingerprint density at radius 1 is 0.900 bits per heavy atom. The molecule has 0 amide bonds. The average Bonchev–Trinajstić information content (AvgIpc) is 3.50. The number of aliphatic hydroxyl groups excluding tert-OH is 2. The minimum atomic E-state index is -4.82. The van der Waals surface area contributed by atoms with Gasteiger partial charge in [-0.3, -0.25) is 4.79 Å². The van der Waals surface area contributed by atoms with Gasteiger partial charge in [0.2, 0.25) is 5.69 Å². The van der Waals surface area contributed by atoms with Crippen LogP contribution in [0.4, 0.5) is 11.4 Å². The van der Waals surface area contributed by atoms with Crippen LogP contribution in [0, 0.1) is 6.92 Å². The maximum absolute atomic E-state index is 12.2. The van der Waals surface area contributed by atoms with Gasteiger partial charge in [-0.15, -0.1) is 0 Å². The highest BCUT2D eigenvalue weighted by Crippen LogP contribution is 2.55. The Labute approximate surface area is 351 Å². The first-order chi connectivity index (χ1) is 27.9. The monoisotopic (exact) mass is 884 g/mol. The predicted molar refractivity (Wildman–Crippen MR) is 220 cm³/mol. The molecule has 4 unspecified atom stereocenters. The number of benzene rings is 2. The van der Waals surface area contributed by atoms with Gasteiger partial charge in [-0.05, 0) is 101 Å². The van der Waals surface area contributed by atoms with E-state index in [9.17, 15) is 53.9 Å². The maximum Gasteiger partial charge on any atom is 0.308 e. The molecule has 15 nitrogen and oxygen atoms in total. The highest BCUT2D eigenvalue weighted by molar-refractivity contribution is 7.86. The van der Waals surface area contributed by atoms with Gasteiger partial charge in [-0.1, -0.05) is 42.0 Å². The summed E-state index contributed by atoms with van der Waals surface area (Å²) in [5.74, 6) is -2.39. The Morgan fingerprint density at radius 3 is 2.23 bits per heavy atom. The van der Waals surface area contributed by atoms with Crippen LogP contribution in [0.25, 0.3) is 0 Å². The zero-order valence-corrected chi connectivity index (χ0v) is 36.1. The molecule has 60 heavy (non-hydrogen) atoms. The second-order valence-corrected chi connectivity index (χ2v) is 20.6. The van der Waals surface area contributed by atoms with Crippen molar-refractivity contribution in [1.82, 2.24) is 0 Å². The van der Waals surface area contributed by atoms with Gasteiger partial charge < -0.3 is 33.5 Å². The molecule has 1 saturated carbocycles. The molecule has 6 rings (SSSR count). The fourth-order valence-corrected chi connectivity index (χ4v) is 11.0. The van der Waals surface area contributed by atoms with Crippen molar-refractivity contribution in [3.63, 3.8) is 0 Å². The highest BCUT2D eigenvalue weighted by atomic mass is 32.2. The quantitative estimate of drug-likeness (QED) is 0.0898. The molecule has 0 bridgehead atoms. The molecule has 4 atom stereocenters. The van der Waals surface area contributed by atoms with Crippen LogP contribution >= 0.6 is 0 Å². The van der Waals surface area contributed by atoms with Gasteiger partial charge in [0.1, 0.15) is 22.0 Å². The van der Waals surface area contributed by atoms with Gasteiger partial charge in [0, 0.05) is 47.5 Å². The van der Waals surface area contributed by atoms with Crippen molar-refractivity contribution in [1.29, 1.82) is 0 Å². The minimum absolute atomic E-state index is 0.109. The second kappa shape index (κ2) is 16.9. The topological polar surface area (TPSA) is 245 Å². The van der Waals surface area contributed by atoms with E-state index < -0.39 is 75.8 Å². The van der Waals surface area contributed by atoms with Crippen molar-refractivity contribution >= 4 is 53.4 Å². The van der Waals surface area contributed by atoms with Crippen molar-refractivity contribution in [2.45, 2.75) is 94.2 Å². The van der Waals surface area contributed by atoms with Crippen molar-refractivity contribution in [2.24, 2.45) is 0 Å². The number of anilines is 1. The standard InChI is InChI=1S/C42H50N2O13S3/c1-27-15-17-37-35(21-27)41(3)19-7-11-29(39(41)43(37)23-31(46)25-58(48,49)50)9-5-13-33(57-28(2)45)14-6-10-30-12-8-20-42(4)36-22-34(60(54,55)56)16-18-38(36)44(40(30)42)24-32(47)26-59(51,52)53/h5-6,9-10,13-18,21-22,31-32,46-47H,7-8,11-12,19-20,23-26H2,1-4H3,(H2-,48,49,50,51,52,53,54,55,56)/p-2. The minimum Gasteiger partial charge on any atom is -0.748 e. The third-order valence-electron chi connectivity index (χ3n) is 11.6. The van der Waals surface area contributed by atoms with Crippen LogP contribution in [0.3, 0.4) is 0 Å². The van der Waals surface area contributed by atoms with E-state index in [0.29, 0.717) is 42.6 Å². The Morgan fingerprint density at radius 2 is 1.57 bits per heavy atom. The number of carbonyl (C=O) groups is 1. The molecule has 0 saturated heterocycles. The molecule has 0 spiro atoms. The van der Waals surface area contributed by atoms with Gasteiger partial charge in [0.25, 0.3) is 0 Å². The lowest BCUT2D eigenvalue weighted by molar-refractivity contribution is -0.449. The largest absolute Gasteiger partial charge is 0.748 e. The van der Waals surface area contributed by atoms with Gasteiger partial charge in [-0.25, -0.2) is 25.3 Å². The smallest absolute Gasteiger partial charge is 0.308 e. The first kappa shape index (κ1) is 45.3. The highest BCUT2D eigenvalue weighted by Gasteiger charge is 2.52. The van der Waals surface area contributed by atoms with Crippen LogP contribution in [0.5, 0.6) is 0 Å². The number of nitrogens with zero attached hydrogens (tertiary/aromatic N) is 2. The Hall–Kier alpha value is -4.27. The van der Waals surface area contributed by atoms with Crippen LogP contribution < -0.4 is 4.90 Å². The lowest BCUT2D eigenvalue weighted by atomic mass is 9.69. The molecule has 324 valence electrons. The van der Waals surface area contributed by atoms with Gasteiger partial charge in [-0.2, -0.15) is 4.58 Å². The molecule has 2 aliphatic heterocycles. The fraction of sp³-hybridized carbons (Fsp3) is 0.429. The van der Waals surface area contributed by atoms with E-state index >= 15 is 0 Å². The van der Waals surface area contributed by atoms with Crippen molar-refractivity contribution < 1.29 is 63.2 Å². The van der Waals surface area contributed by atoms with Crippen molar-refractivity contribution in [3.05, 3.63) is 112 Å². The average molecular weight is 885 g/mol. The number of fused-ring (bicyclic) bond motifs is 6. The summed E-state index contributed by atoms with van der Waals surface area (Å²) in [5.41, 5.74) is 5.72. The Balaban J connectivity index is 1.36. The summed E-state index contributed by atoms with van der Waals surface area (Å²) < 4.78 is 112. The molecular weight excluding hydrogens is 837 g/mol. The van der Waals surface area contributed by atoms with Crippen LogP contribution in [0.1, 0.15) is 76.0 Å². The Kier molecular flexibility index (Phi) is 12.7. The zero-order chi connectivity index (χ0) is 44.0. The van der Waals surface area contributed by atoms with Gasteiger partial charge in [0.05, 0.1) is 48.2 Å². The summed E-state index contributed by atoms with van der Waals surface area (Å²) in [6.45, 7) is 6.80. The molecule has 2 aliphatic carbocycles. The van der Waals surface area contributed by atoms with Crippen LogP contribution in [0.2, 0.25) is 0 Å². The molecule has 0 aromatic heterocycles. The van der Waals surface area contributed by atoms with E-state index in [2.05, 4.69) is 13.0 Å². The lowest BCUT2D eigenvalue weighted by Crippen LogP contribution is -2.39. The molecule has 0 radical (unpaired) electrons. The number of allylic oxidation sites excluding steroid dienone is 9. The molecule has 4 aliphatic rings. The van der Waals surface area contributed by atoms with E-state index in [-0.39, 0.29) is 18.8 Å². The number of β-amino-alcohol motifs (C(OH)–C–C–N with tert-alkyl or cyclic N) is 2. The molecular formula is C42H48N2O13S3-2. The van der Waals surface area contributed by atoms with Crippen molar-refractivity contribution in [3.8, 4) is 0 Å². The van der Waals surface area contributed by atoms with E-state index in [1.54, 1.807) is 35.0 Å². The maximum atomic E-state index is 12.2. The summed E-state index contributed by atoms with van der Waals surface area (Å²) in [4.78, 5) is 13.7. The third kappa shape index (κ3) is 9.76. The first-order valence-corrected chi connectivity index (χ1v) is 24.0. The zero-order valence-electron chi connectivity index (χ0n) is 33.7. The summed E-state index contributed by atoms with van der Waals surface area (Å²) >= 11 is 0. The molecule has 2 heterocycles. The summed E-state index contributed by atoms with van der Waals surface area (Å²) in [6, 6.07) is 9.84. The number of carbonyl (C=O) groups excluding carboxylic acids is 1. The second-order valence-electron chi connectivity index (χ2n) is 16.3. The number of ether oxygens (including phenoxy) is 1. The molecule has 1 fully saturated rings. The third-order valence-corrected chi connectivity index (χ3v) is 14.0. The van der Waals surface area contributed by atoms with Crippen LogP contribution in [-0.2, 0) is 50.7 Å². The molecule has 2 N–H and O–H groups in total. The summed E-state index contributed by atoms with van der Waals surface area (Å²) in [7, 11) is -14.3. The molecule has 2 aromatic carbocycles. The Bertz CT molecular complexity index is 2630. The van der Waals surface area contributed by atoms with E-state index in [1.165, 1.54) is 19.1 Å². The molecule has 18 heteroatoms. The first-order valence-electron chi connectivity index (χ1n) is 19.4. The summed E-state index contributed by atoms with van der Waals surface area (Å²) in [5, 5.41) is 21.4. The van der Waals surface area contributed by atoms with E-state index in [0.717, 1.165) is 52.6 Å². The number of aryl methyl sites for hydroxylation is 1. The number of hydrogen-bond acceptors (Lipinski definition) is 14. The number of rotatable bonds is 14. The SMILES string of the molecule is CC(=O)OC(C=CC=C1CCCC2(C)C1=[N+](CC(O)CS(=O)(=O)[O-])c1ccc(S(=O)(=O)[O-])cc12)=CC=CC1=C2N(CC(O)CS(=O)(=O)[O-])c3ccc(C)cc3C2(C)CCC1. The number of esters is 1. The lowest BCUT2D eigenvalue weighted by Gasteiger charge is -2.37. The van der Waals surface area contributed by atoms with Crippen LogP contribution in [0.15, 0.2) is 100 Å². The van der Waals surface area contributed by atoms with Gasteiger partial charge >= 0.3 is 5.97 Å². The normalized spacial score (nSPS) is 23.9. The number of aliphatic hydroxyl groups is 2. The van der Waals surface area contributed by atoms with E-state index in [1.807, 2.05) is 37.0 Å². The number of hydrogen-bond donors (Lipinski definition) is 2. The summed E-state index contributed by atoms with van der Waals surface area (Å²) in [6.07, 6.45) is 11.2. The van der Waals surface area contributed by atoms with E-state index in [4.69, 9.17) is 4.74 Å². The predicted octanol–water partition coefficient (Wildman–Crippen LogP) is 3.95. The van der Waals surface area contributed by atoms with Gasteiger partial charge in [0.15, 0.2) is 12.3 Å². The fourth-order valence-electron chi connectivity index (χ4n) is 9.34.